The van der Waals surface area contributed by atoms with Gasteiger partial charge in [0.25, 0.3) is 12.3 Å². The van der Waals surface area contributed by atoms with Crippen molar-refractivity contribution >= 4 is 11.6 Å². The highest BCUT2D eigenvalue weighted by Gasteiger charge is 2.23. The van der Waals surface area contributed by atoms with Crippen LogP contribution >= 0.6 is 0 Å². The molecule has 0 radical (unpaired) electrons. The minimum Gasteiger partial charge on any atom is -0.337 e. The fourth-order valence-corrected chi connectivity index (χ4v) is 3.26. The van der Waals surface area contributed by atoms with Crippen LogP contribution in [-0.4, -0.2) is 42.2 Å². The highest BCUT2D eigenvalue weighted by atomic mass is 19.3. The molecule has 0 fully saturated rings. The number of fused-ring (bicyclic) bond motifs is 1. The van der Waals surface area contributed by atoms with Crippen LogP contribution in [0.25, 0.3) is 16.9 Å². The van der Waals surface area contributed by atoms with Crippen molar-refractivity contribution in [3.63, 3.8) is 0 Å². The van der Waals surface area contributed by atoms with Crippen LogP contribution in [0.5, 0.6) is 0 Å². The Morgan fingerprint density at radius 2 is 1.93 bits per heavy atom. The first-order chi connectivity index (χ1) is 14.5. The molecule has 4 rings (SSSR count). The average molecular weight is 410 g/mol. The summed E-state index contributed by atoms with van der Waals surface area (Å²) in [6.07, 6.45) is 2.08. The molecule has 0 aliphatic carbocycles. The lowest BCUT2D eigenvalue weighted by Crippen LogP contribution is -2.26. The van der Waals surface area contributed by atoms with Gasteiger partial charge in [-0.1, -0.05) is 30.3 Å². The van der Waals surface area contributed by atoms with Gasteiger partial charge in [0.1, 0.15) is 11.3 Å². The number of carbonyl (C=O) groups excluding carboxylic acids is 1. The Balaban J connectivity index is 1.73. The quantitative estimate of drug-likeness (QED) is 0.485. The van der Waals surface area contributed by atoms with E-state index in [9.17, 15) is 13.6 Å². The number of hydrogen-bond donors (Lipinski definition) is 0. The summed E-state index contributed by atoms with van der Waals surface area (Å²) in [4.78, 5) is 19.0. The predicted molar refractivity (Wildman–Crippen MR) is 107 cm³/mol. The van der Waals surface area contributed by atoms with E-state index < -0.39 is 6.43 Å². The van der Waals surface area contributed by atoms with Crippen molar-refractivity contribution in [3.05, 3.63) is 71.8 Å². The van der Waals surface area contributed by atoms with Crippen molar-refractivity contribution < 1.29 is 13.6 Å². The molecule has 154 valence electrons. The van der Waals surface area contributed by atoms with E-state index in [0.29, 0.717) is 17.8 Å². The highest BCUT2D eigenvalue weighted by molar-refractivity contribution is 5.99. The lowest BCUT2D eigenvalue weighted by molar-refractivity contribution is 0.0786. The summed E-state index contributed by atoms with van der Waals surface area (Å²) in [5.74, 6) is -0.354. The Kier molecular flexibility index (Phi) is 5.26. The zero-order valence-corrected chi connectivity index (χ0v) is 16.5. The maximum absolute atomic E-state index is 13.7. The maximum Gasteiger partial charge on any atom is 0.280 e. The number of hydrogen-bond acceptors (Lipinski definition) is 4. The maximum atomic E-state index is 13.7. The second-order valence-corrected chi connectivity index (χ2v) is 6.89. The summed E-state index contributed by atoms with van der Waals surface area (Å²) >= 11 is 0. The van der Waals surface area contributed by atoms with Crippen molar-refractivity contribution in [3.8, 4) is 11.3 Å². The molecule has 7 nitrogen and oxygen atoms in total. The average Bonchev–Trinajstić information content (AvgIpc) is 3.39. The number of carbonyl (C=O) groups is 1. The summed E-state index contributed by atoms with van der Waals surface area (Å²) in [6.45, 7) is 3.03. The monoisotopic (exact) mass is 410 g/mol. The molecule has 9 heteroatoms. The zero-order chi connectivity index (χ0) is 21.3. The largest absolute Gasteiger partial charge is 0.337 e. The van der Waals surface area contributed by atoms with Crippen LogP contribution in [0.3, 0.4) is 0 Å². The number of amides is 1. The molecular weight excluding hydrogens is 390 g/mol. The SMILES string of the molecule is CCn1cc(CN(C)C(=O)c2cnn3c(C(F)F)cc(-c4ccccc4)nc23)cn1. The normalized spacial score (nSPS) is 11.4. The molecule has 0 aliphatic rings. The van der Waals surface area contributed by atoms with Crippen LogP contribution < -0.4 is 0 Å². The molecule has 0 saturated heterocycles. The molecule has 1 aromatic carbocycles. The van der Waals surface area contributed by atoms with E-state index in [2.05, 4.69) is 15.2 Å². The molecule has 0 aliphatic heterocycles. The van der Waals surface area contributed by atoms with Crippen LogP contribution in [0.1, 0.15) is 35.0 Å². The van der Waals surface area contributed by atoms with Gasteiger partial charge in [0.15, 0.2) is 5.65 Å². The van der Waals surface area contributed by atoms with Crippen molar-refractivity contribution in [2.45, 2.75) is 26.4 Å². The van der Waals surface area contributed by atoms with Gasteiger partial charge in [0.05, 0.1) is 18.1 Å². The first-order valence-corrected chi connectivity index (χ1v) is 9.47. The number of aromatic nitrogens is 5. The first-order valence-electron chi connectivity index (χ1n) is 9.47. The van der Waals surface area contributed by atoms with E-state index in [-0.39, 0.29) is 22.8 Å². The van der Waals surface area contributed by atoms with E-state index in [4.69, 9.17) is 0 Å². The van der Waals surface area contributed by atoms with Crippen molar-refractivity contribution in [1.82, 2.24) is 29.3 Å². The molecule has 0 saturated carbocycles. The number of alkyl halides is 2. The summed E-state index contributed by atoms with van der Waals surface area (Å²) < 4.78 is 30.2. The van der Waals surface area contributed by atoms with Gasteiger partial charge >= 0.3 is 0 Å². The number of benzene rings is 1. The Hall–Kier alpha value is -3.62. The van der Waals surface area contributed by atoms with Crippen LogP contribution in [-0.2, 0) is 13.1 Å². The highest BCUT2D eigenvalue weighted by Crippen LogP contribution is 2.27. The van der Waals surface area contributed by atoms with Gasteiger partial charge in [-0.25, -0.2) is 18.3 Å². The number of rotatable bonds is 6. The zero-order valence-electron chi connectivity index (χ0n) is 16.5. The van der Waals surface area contributed by atoms with E-state index in [1.54, 1.807) is 42.2 Å². The minimum atomic E-state index is -2.77. The number of aryl methyl sites for hydroxylation is 1. The van der Waals surface area contributed by atoms with Gasteiger partial charge in [-0.2, -0.15) is 10.2 Å². The molecule has 0 unspecified atom stereocenters. The van der Waals surface area contributed by atoms with E-state index >= 15 is 0 Å². The minimum absolute atomic E-state index is 0.104. The summed E-state index contributed by atoms with van der Waals surface area (Å²) in [6, 6.07) is 10.3. The van der Waals surface area contributed by atoms with Crippen molar-refractivity contribution in [2.75, 3.05) is 7.05 Å². The lowest BCUT2D eigenvalue weighted by atomic mass is 10.1. The third-order valence-corrected chi connectivity index (χ3v) is 4.80. The van der Waals surface area contributed by atoms with Crippen LogP contribution in [0.4, 0.5) is 8.78 Å². The van der Waals surface area contributed by atoms with E-state index in [1.807, 2.05) is 19.2 Å². The van der Waals surface area contributed by atoms with Crippen LogP contribution in [0.2, 0.25) is 0 Å². The molecular formula is C21H20F2N6O. The molecule has 0 spiro atoms. The topological polar surface area (TPSA) is 68.3 Å². The Morgan fingerprint density at radius 3 is 2.60 bits per heavy atom. The van der Waals surface area contributed by atoms with Gasteiger partial charge < -0.3 is 4.90 Å². The second kappa shape index (κ2) is 8.02. The van der Waals surface area contributed by atoms with Crippen molar-refractivity contribution in [1.29, 1.82) is 0 Å². The molecule has 0 N–H and O–H groups in total. The molecule has 0 bridgehead atoms. The van der Waals surface area contributed by atoms with Gasteiger partial charge in [0, 0.05) is 37.5 Å². The number of halogens is 2. The molecule has 1 amide bonds. The standard InChI is InChI=1S/C21H20F2N6O/c1-3-28-13-14(10-24-28)12-27(2)21(30)16-11-25-29-18(19(22)23)9-17(26-20(16)29)15-7-5-4-6-8-15/h4-11,13,19H,3,12H2,1-2H3. The number of nitrogens with zero attached hydrogens (tertiary/aromatic N) is 6. The summed E-state index contributed by atoms with van der Waals surface area (Å²) in [5, 5.41) is 8.22. The van der Waals surface area contributed by atoms with Gasteiger partial charge in [-0.05, 0) is 13.0 Å². The fourth-order valence-electron chi connectivity index (χ4n) is 3.26. The smallest absolute Gasteiger partial charge is 0.280 e. The van der Waals surface area contributed by atoms with Crippen molar-refractivity contribution in [2.24, 2.45) is 0 Å². The Morgan fingerprint density at radius 1 is 1.17 bits per heavy atom. The molecule has 30 heavy (non-hydrogen) atoms. The Bertz CT molecular complexity index is 1180. The Labute approximate surface area is 171 Å². The molecule has 3 aromatic heterocycles. The van der Waals surface area contributed by atoms with Gasteiger partial charge in [0.2, 0.25) is 0 Å². The molecule has 3 heterocycles. The lowest BCUT2D eigenvalue weighted by Gasteiger charge is -2.15. The second-order valence-electron chi connectivity index (χ2n) is 6.89. The fraction of sp³-hybridized carbons (Fsp3) is 0.238. The van der Waals surface area contributed by atoms with E-state index in [0.717, 1.165) is 16.6 Å². The van der Waals surface area contributed by atoms with Gasteiger partial charge in [-0.15, -0.1) is 0 Å². The molecule has 4 aromatic rings. The molecule has 0 atom stereocenters. The third-order valence-electron chi connectivity index (χ3n) is 4.80. The summed E-state index contributed by atoms with van der Waals surface area (Å²) in [5.41, 5.74) is 1.87. The van der Waals surface area contributed by atoms with Gasteiger partial charge in [-0.3, -0.25) is 9.48 Å². The first kappa shape index (κ1) is 19.7. The predicted octanol–water partition coefficient (Wildman–Crippen LogP) is 3.82. The van der Waals surface area contributed by atoms with Crippen LogP contribution in [0, 0.1) is 0 Å². The van der Waals surface area contributed by atoms with Crippen LogP contribution in [0.15, 0.2) is 55.0 Å². The summed E-state index contributed by atoms with van der Waals surface area (Å²) in [7, 11) is 1.64. The van der Waals surface area contributed by atoms with E-state index in [1.165, 1.54) is 17.2 Å². The third kappa shape index (κ3) is 3.66.